The van der Waals surface area contributed by atoms with E-state index < -0.39 is 38.3 Å². The average molecular weight is 660 g/mol. The molecule has 12 nitrogen and oxygen atoms in total. The first kappa shape index (κ1) is 32.9. The number of benzene rings is 4. The minimum atomic E-state index is -4.37. The highest BCUT2D eigenvalue weighted by molar-refractivity contribution is 7.93. The normalized spacial score (nSPS) is 11.3. The highest BCUT2D eigenvalue weighted by Gasteiger charge is 2.29. The van der Waals surface area contributed by atoms with Crippen LogP contribution in [0.15, 0.2) is 94.7 Å². The van der Waals surface area contributed by atoms with Crippen molar-refractivity contribution < 1.29 is 45.0 Å². The number of methoxy groups -OCH3 is 4. The lowest BCUT2D eigenvalue weighted by molar-refractivity contribution is -0.114. The Hall–Kier alpha value is -5.02. The van der Waals surface area contributed by atoms with Crippen molar-refractivity contribution in [1.82, 2.24) is 0 Å². The molecule has 0 saturated carbocycles. The number of amides is 1. The number of anilines is 3. The van der Waals surface area contributed by atoms with Crippen LogP contribution >= 0.6 is 0 Å². The van der Waals surface area contributed by atoms with Gasteiger partial charge in [0.05, 0.1) is 49.6 Å². The summed E-state index contributed by atoms with van der Waals surface area (Å²) in [5.74, 6) is -0.176. The van der Waals surface area contributed by atoms with Gasteiger partial charge in [-0.25, -0.2) is 21.2 Å². The van der Waals surface area contributed by atoms with E-state index in [1.165, 1.54) is 95.2 Å². The lowest BCUT2D eigenvalue weighted by Crippen LogP contribution is -2.38. The van der Waals surface area contributed by atoms with Crippen LogP contribution < -0.4 is 33.3 Å². The van der Waals surface area contributed by atoms with Gasteiger partial charge in [-0.05, 0) is 72.8 Å². The standard InChI is InChI=1S/C30H30FN3O9S2/c1-40-23-11-15-26(28(17-23)42-3)33-44(36,37)24-12-7-21(8-13-24)32-30(35)19-34(22-9-5-20(31)6-10-22)45(38,39)25-14-16-27(41-2)29(18-25)43-4/h5-18,33H,19H2,1-4H3,(H,32,35). The van der Waals surface area contributed by atoms with Crippen molar-refractivity contribution >= 4 is 43.0 Å². The topological polar surface area (TPSA) is 150 Å². The van der Waals surface area contributed by atoms with Crippen LogP contribution in [0.3, 0.4) is 0 Å². The molecule has 0 fully saturated rings. The minimum Gasteiger partial charge on any atom is -0.497 e. The maximum absolute atomic E-state index is 13.7. The summed E-state index contributed by atoms with van der Waals surface area (Å²) in [5.41, 5.74) is 0.415. The smallest absolute Gasteiger partial charge is 0.264 e. The number of nitrogens with one attached hydrogen (secondary N) is 2. The fraction of sp³-hybridized carbons (Fsp3) is 0.167. The van der Waals surface area contributed by atoms with Gasteiger partial charge >= 0.3 is 0 Å². The van der Waals surface area contributed by atoms with Crippen LogP contribution in [0, 0.1) is 5.82 Å². The summed E-state index contributed by atoms with van der Waals surface area (Å²) < 4.78 is 91.2. The fourth-order valence-electron chi connectivity index (χ4n) is 4.16. The molecular formula is C30H30FN3O9S2. The molecule has 4 rings (SSSR count). The first-order valence-electron chi connectivity index (χ1n) is 13.1. The Morgan fingerprint density at radius 2 is 1.33 bits per heavy atom. The summed E-state index contributed by atoms with van der Waals surface area (Å²) >= 11 is 0. The summed E-state index contributed by atoms with van der Waals surface area (Å²) in [6.07, 6.45) is 0. The first-order valence-corrected chi connectivity index (χ1v) is 16.0. The van der Waals surface area contributed by atoms with Gasteiger partial charge < -0.3 is 24.3 Å². The number of sulfonamides is 2. The molecule has 0 aliphatic carbocycles. The molecule has 0 spiro atoms. The predicted molar refractivity (Wildman–Crippen MR) is 166 cm³/mol. The molecule has 0 bridgehead atoms. The molecule has 4 aromatic carbocycles. The highest BCUT2D eigenvalue weighted by atomic mass is 32.2. The Labute approximate surface area is 260 Å². The zero-order valence-corrected chi connectivity index (χ0v) is 26.2. The summed E-state index contributed by atoms with van der Waals surface area (Å²) in [6, 6.07) is 18.4. The van der Waals surface area contributed by atoms with E-state index in [1.54, 1.807) is 6.07 Å². The van der Waals surface area contributed by atoms with Crippen molar-refractivity contribution in [3.63, 3.8) is 0 Å². The first-order chi connectivity index (χ1) is 21.4. The number of halogens is 1. The fourth-order valence-corrected chi connectivity index (χ4v) is 6.67. The van der Waals surface area contributed by atoms with Gasteiger partial charge in [0.1, 0.15) is 23.9 Å². The van der Waals surface area contributed by atoms with E-state index in [2.05, 4.69) is 10.0 Å². The number of carbonyl (C=O) groups is 1. The largest absolute Gasteiger partial charge is 0.497 e. The second kappa shape index (κ2) is 13.7. The number of hydrogen-bond donors (Lipinski definition) is 2. The molecular weight excluding hydrogens is 629 g/mol. The molecule has 0 unspecified atom stereocenters. The van der Waals surface area contributed by atoms with Crippen molar-refractivity contribution in [1.29, 1.82) is 0 Å². The zero-order chi connectivity index (χ0) is 32.8. The Balaban J connectivity index is 1.55. The Bertz CT molecular complexity index is 1890. The van der Waals surface area contributed by atoms with Gasteiger partial charge in [-0.3, -0.25) is 13.8 Å². The van der Waals surface area contributed by atoms with Crippen molar-refractivity contribution in [3.05, 3.63) is 90.7 Å². The lowest BCUT2D eigenvalue weighted by atomic mass is 10.3. The summed E-state index contributed by atoms with van der Waals surface area (Å²) in [5, 5.41) is 2.56. The van der Waals surface area contributed by atoms with Gasteiger partial charge in [-0.15, -0.1) is 0 Å². The van der Waals surface area contributed by atoms with E-state index in [-0.39, 0.29) is 38.4 Å². The van der Waals surface area contributed by atoms with Crippen LogP contribution in [-0.2, 0) is 24.8 Å². The van der Waals surface area contributed by atoms with E-state index in [0.717, 1.165) is 16.4 Å². The van der Waals surface area contributed by atoms with Crippen molar-refractivity contribution in [3.8, 4) is 23.0 Å². The molecule has 238 valence electrons. The summed E-state index contributed by atoms with van der Waals surface area (Å²) in [6.45, 7) is -0.693. The van der Waals surface area contributed by atoms with Crippen LogP contribution in [0.4, 0.5) is 21.5 Å². The molecule has 0 aromatic heterocycles. The van der Waals surface area contributed by atoms with Gasteiger partial charge in [0, 0.05) is 17.8 Å². The molecule has 0 aliphatic rings. The maximum Gasteiger partial charge on any atom is 0.264 e. The molecule has 0 radical (unpaired) electrons. The number of carbonyl (C=O) groups excluding carboxylic acids is 1. The highest BCUT2D eigenvalue weighted by Crippen LogP contribution is 2.33. The van der Waals surface area contributed by atoms with Crippen LogP contribution in [0.2, 0.25) is 0 Å². The summed E-state index contributed by atoms with van der Waals surface area (Å²) in [4.78, 5) is 12.8. The SMILES string of the molecule is COc1ccc(NS(=O)(=O)c2ccc(NC(=O)CN(c3ccc(F)cc3)S(=O)(=O)c3ccc(OC)c(OC)c3)cc2)c(OC)c1. The second-order valence-corrected chi connectivity index (χ2v) is 12.8. The van der Waals surface area contributed by atoms with Gasteiger partial charge in [-0.1, -0.05) is 0 Å². The molecule has 0 saturated heterocycles. The van der Waals surface area contributed by atoms with Gasteiger partial charge in [0.25, 0.3) is 20.0 Å². The van der Waals surface area contributed by atoms with Crippen molar-refractivity contribution in [2.75, 3.05) is 49.3 Å². The van der Waals surface area contributed by atoms with E-state index in [4.69, 9.17) is 18.9 Å². The van der Waals surface area contributed by atoms with Gasteiger partial charge in [-0.2, -0.15) is 0 Å². The van der Waals surface area contributed by atoms with Crippen molar-refractivity contribution in [2.24, 2.45) is 0 Å². The van der Waals surface area contributed by atoms with Gasteiger partial charge in [0.2, 0.25) is 5.91 Å². The third-order valence-corrected chi connectivity index (χ3v) is 9.60. The number of rotatable bonds is 13. The predicted octanol–water partition coefficient (Wildman–Crippen LogP) is 4.49. The third kappa shape index (κ3) is 7.56. The average Bonchev–Trinajstić information content (AvgIpc) is 3.04. The van der Waals surface area contributed by atoms with Crippen LogP contribution in [0.1, 0.15) is 0 Å². The molecule has 15 heteroatoms. The quantitative estimate of drug-likeness (QED) is 0.212. The van der Waals surface area contributed by atoms with Crippen molar-refractivity contribution in [2.45, 2.75) is 9.79 Å². The van der Waals surface area contributed by atoms with E-state index in [0.29, 0.717) is 11.5 Å². The Kier molecular flexibility index (Phi) is 10.0. The molecule has 2 N–H and O–H groups in total. The maximum atomic E-state index is 13.7. The van der Waals surface area contributed by atoms with E-state index in [9.17, 15) is 26.0 Å². The number of hydrogen-bond acceptors (Lipinski definition) is 9. The Morgan fingerprint density at radius 3 is 1.93 bits per heavy atom. The number of nitrogens with zero attached hydrogens (tertiary/aromatic N) is 1. The molecule has 4 aromatic rings. The van der Waals surface area contributed by atoms with E-state index in [1.807, 2.05) is 0 Å². The third-order valence-electron chi connectivity index (χ3n) is 6.45. The molecule has 45 heavy (non-hydrogen) atoms. The van der Waals surface area contributed by atoms with Gasteiger partial charge in [0.15, 0.2) is 11.5 Å². The Morgan fingerprint density at radius 1 is 0.711 bits per heavy atom. The monoisotopic (exact) mass is 659 g/mol. The molecule has 0 atom stereocenters. The minimum absolute atomic E-state index is 0.0304. The molecule has 1 amide bonds. The zero-order valence-electron chi connectivity index (χ0n) is 24.6. The van der Waals surface area contributed by atoms with Crippen LogP contribution in [0.5, 0.6) is 23.0 Å². The number of ether oxygens (including phenoxy) is 4. The second-order valence-electron chi connectivity index (χ2n) is 9.25. The molecule has 0 aliphatic heterocycles. The van der Waals surface area contributed by atoms with Crippen LogP contribution in [-0.4, -0.2) is 57.7 Å². The lowest BCUT2D eigenvalue weighted by Gasteiger charge is -2.24. The van der Waals surface area contributed by atoms with E-state index >= 15 is 0 Å². The summed E-state index contributed by atoms with van der Waals surface area (Å²) in [7, 11) is -2.81. The molecule has 0 heterocycles. The van der Waals surface area contributed by atoms with Crippen LogP contribution in [0.25, 0.3) is 0 Å².